The fraction of sp³-hybridized carbons (Fsp3) is 0.692. The van der Waals surface area contributed by atoms with Crippen molar-refractivity contribution in [2.75, 3.05) is 23.3 Å². The van der Waals surface area contributed by atoms with Crippen molar-refractivity contribution in [2.45, 2.75) is 38.6 Å². The minimum absolute atomic E-state index is 0.0132. The first kappa shape index (κ1) is 13.1. The highest BCUT2D eigenvalue weighted by Crippen LogP contribution is 2.40. The van der Waals surface area contributed by atoms with Gasteiger partial charge in [0, 0.05) is 19.1 Å². The maximum absolute atomic E-state index is 11.2. The number of anilines is 2. The van der Waals surface area contributed by atoms with Crippen LogP contribution >= 0.6 is 0 Å². The zero-order chi connectivity index (χ0) is 14.1. The molecule has 3 rings (SSSR count). The normalized spacial score (nSPS) is 17.9. The molecule has 0 unspecified atom stereocenters. The summed E-state index contributed by atoms with van der Waals surface area (Å²) in [5.74, 6) is 1.62. The number of rotatable bonds is 7. The van der Waals surface area contributed by atoms with E-state index in [0.717, 1.165) is 19.4 Å². The van der Waals surface area contributed by atoms with E-state index in [9.17, 15) is 10.1 Å². The molecule has 0 amide bonds. The summed E-state index contributed by atoms with van der Waals surface area (Å²) >= 11 is 0. The summed E-state index contributed by atoms with van der Waals surface area (Å²) in [6, 6.07) is 0.415. The smallest absolute Gasteiger partial charge is 0.329 e. The number of nitrogens with zero attached hydrogens (tertiary/aromatic N) is 4. The molecule has 0 bridgehead atoms. The lowest BCUT2D eigenvalue weighted by atomic mass is 10.3. The maximum Gasteiger partial charge on any atom is 0.329 e. The minimum Gasteiger partial charge on any atom is -0.354 e. The number of hydrogen-bond acceptors (Lipinski definition) is 6. The maximum atomic E-state index is 11.2. The van der Waals surface area contributed by atoms with Crippen molar-refractivity contribution in [1.82, 2.24) is 9.97 Å². The zero-order valence-corrected chi connectivity index (χ0v) is 11.6. The van der Waals surface area contributed by atoms with E-state index in [4.69, 9.17) is 0 Å². The van der Waals surface area contributed by atoms with Gasteiger partial charge in [-0.2, -0.15) is 4.98 Å². The van der Waals surface area contributed by atoms with Gasteiger partial charge in [-0.3, -0.25) is 10.1 Å². The van der Waals surface area contributed by atoms with Crippen molar-refractivity contribution in [3.63, 3.8) is 0 Å². The molecule has 20 heavy (non-hydrogen) atoms. The Morgan fingerprint density at radius 3 is 2.75 bits per heavy atom. The van der Waals surface area contributed by atoms with E-state index in [2.05, 4.69) is 20.2 Å². The van der Waals surface area contributed by atoms with Gasteiger partial charge in [0.2, 0.25) is 11.8 Å². The van der Waals surface area contributed by atoms with Crippen LogP contribution in [-0.2, 0) is 0 Å². The van der Waals surface area contributed by atoms with Crippen LogP contribution in [0.1, 0.15) is 32.6 Å². The van der Waals surface area contributed by atoms with Gasteiger partial charge in [0.1, 0.15) is 6.20 Å². The Morgan fingerprint density at radius 2 is 2.20 bits per heavy atom. The van der Waals surface area contributed by atoms with Gasteiger partial charge in [0.05, 0.1) is 4.92 Å². The molecule has 7 nitrogen and oxygen atoms in total. The Morgan fingerprint density at radius 1 is 1.45 bits per heavy atom. The highest BCUT2D eigenvalue weighted by molar-refractivity contribution is 5.60. The summed E-state index contributed by atoms with van der Waals surface area (Å²) in [6.07, 6.45) is 5.97. The van der Waals surface area contributed by atoms with Gasteiger partial charge in [-0.15, -0.1) is 0 Å². The molecule has 2 fully saturated rings. The molecule has 0 radical (unpaired) electrons. The van der Waals surface area contributed by atoms with Crippen LogP contribution in [0, 0.1) is 16.0 Å². The van der Waals surface area contributed by atoms with Crippen LogP contribution in [0.2, 0.25) is 0 Å². The molecule has 0 spiro atoms. The van der Waals surface area contributed by atoms with Crippen LogP contribution < -0.4 is 10.2 Å². The van der Waals surface area contributed by atoms with Crippen LogP contribution in [0.15, 0.2) is 6.20 Å². The number of nitro groups is 1. The second-order valence-corrected chi connectivity index (χ2v) is 5.52. The van der Waals surface area contributed by atoms with Gasteiger partial charge in [-0.1, -0.05) is 0 Å². The van der Waals surface area contributed by atoms with Crippen molar-refractivity contribution in [3.05, 3.63) is 16.3 Å². The fourth-order valence-corrected chi connectivity index (χ4v) is 2.32. The molecular formula is C13H19N5O2. The summed E-state index contributed by atoms with van der Waals surface area (Å²) in [4.78, 5) is 21.4. The predicted octanol–water partition coefficient (Wildman–Crippen LogP) is 2.20. The predicted molar refractivity (Wildman–Crippen MR) is 75.9 cm³/mol. The molecule has 1 aromatic rings. The first-order valence-corrected chi connectivity index (χ1v) is 7.21. The van der Waals surface area contributed by atoms with E-state index in [-0.39, 0.29) is 10.6 Å². The van der Waals surface area contributed by atoms with E-state index in [1.54, 1.807) is 0 Å². The van der Waals surface area contributed by atoms with Gasteiger partial charge in [0.25, 0.3) is 0 Å². The van der Waals surface area contributed by atoms with Gasteiger partial charge >= 0.3 is 5.69 Å². The molecule has 1 N–H and O–H groups in total. The van der Waals surface area contributed by atoms with E-state index in [1.807, 2.05) is 6.92 Å². The summed E-state index contributed by atoms with van der Waals surface area (Å²) in [5.41, 5.74) is 0.0132. The standard InChI is InChI=1S/C13H19N5O2/c1-2-14-13-15-7-11(18(19)20)12(16-13)17(10-5-6-10)8-9-3-4-9/h7,9-10H,2-6,8H2,1H3,(H,14,15,16). The lowest BCUT2D eigenvalue weighted by molar-refractivity contribution is -0.384. The third-order valence-electron chi connectivity index (χ3n) is 3.69. The first-order valence-electron chi connectivity index (χ1n) is 7.21. The second-order valence-electron chi connectivity index (χ2n) is 5.52. The Labute approximate surface area is 117 Å². The summed E-state index contributed by atoms with van der Waals surface area (Å²) in [6.45, 7) is 3.53. The van der Waals surface area contributed by atoms with Crippen molar-refractivity contribution < 1.29 is 4.92 Å². The molecule has 0 aromatic carbocycles. The number of nitrogens with one attached hydrogen (secondary N) is 1. The lowest BCUT2D eigenvalue weighted by Crippen LogP contribution is -2.30. The van der Waals surface area contributed by atoms with Crippen molar-refractivity contribution in [1.29, 1.82) is 0 Å². The topological polar surface area (TPSA) is 84.2 Å². The van der Waals surface area contributed by atoms with Crippen LogP contribution in [0.25, 0.3) is 0 Å². The highest BCUT2D eigenvalue weighted by atomic mass is 16.6. The number of aromatic nitrogens is 2. The first-order chi connectivity index (χ1) is 9.69. The molecule has 0 atom stereocenters. The largest absolute Gasteiger partial charge is 0.354 e. The average Bonchev–Trinajstić information content (AvgIpc) is 3.28. The van der Waals surface area contributed by atoms with Crippen LogP contribution in [0.3, 0.4) is 0 Å². The molecule has 0 saturated heterocycles. The molecule has 7 heteroatoms. The van der Waals surface area contributed by atoms with E-state index in [0.29, 0.717) is 30.3 Å². The third-order valence-corrected chi connectivity index (χ3v) is 3.69. The second kappa shape index (κ2) is 5.22. The minimum atomic E-state index is -0.382. The summed E-state index contributed by atoms with van der Waals surface area (Å²) < 4.78 is 0. The fourth-order valence-electron chi connectivity index (χ4n) is 2.32. The molecule has 2 aliphatic carbocycles. The lowest BCUT2D eigenvalue weighted by Gasteiger charge is -2.23. The van der Waals surface area contributed by atoms with Crippen molar-refractivity contribution >= 4 is 17.5 Å². The van der Waals surface area contributed by atoms with Crippen molar-refractivity contribution in [2.24, 2.45) is 5.92 Å². The van der Waals surface area contributed by atoms with Gasteiger partial charge in [-0.25, -0.2) is 4.98 Å². The SMILES string of the molecule is CCNc1ncc([N+](=O)[O-])c(N(CC2CC2)C2CC2)n1. The van der Waals surface area contributed by atoms with Crippen LogP contribution in [-0.4, -0.2) is 34.0 Å². The molecule has 1 heterocycles. The quantitative estimate of drug-likeness (QED) is 0.607. The summed E-state index contributed by atoms with van der Waals surface area (Å²) in [7, 11) is 0. The molecule has 108 valence electrons. The Hall–Kier alpha value is -1.92. The van der Waals surface area contributed by atoms with Crippen LogP contribution in [0.4, 0.5) is 17.5 Å². The number of hydrogen-bond donors (Lipinski definition) is 1. The Kier molecular flexibility index (Phi) is 3.42. The summed E-state index contributed by atoms with van der Waals surface area (Å²) in [5, 5.41) is 14.2. The van der Waals surface area contributed by atoms with E-state index >= 15 is 0 Å². The van der Waals surface area contributed by atoms with Crippen LogP contribution in [0.5, 0.6) is 0 Å². The van der Waals surface area contributed by atoms with E-state index < -0.39 is 0 Å². The zero-order valence-electron chi connectivity index (χ0n) is 11.6. The van der Waals surface area contributed by atoms with Crippen molar-refractivity contribution in [3.8, 4) is 0 Å². The van der Waals surface area contributed by atoms with Gasteiger partial charge < -0.3 is 10.2 Å². The van der Waals surface area contributed by atoms with Gasteiger partial charge in [0.15, 0.2) is 0 Å². The molecule has 2 aliphatic rings. The molecule has 0 aliphatic heterocycles. The molecule has 1 aromatic heterocycles. The highest BCUT2D eigenvalue weighted by Gasteiger charge is 2.37. The van der Waals surface area contributed by atoms with Gasteiger partial charge in [-0.05, 0) is 38.5 Å². The molecular weight excluding hydrogens is 258 g/mol. The third kappa shape index (κ3) is 2.81. The Balaban J connectivity index is 1.93. The molecule has 2 saturated carbocycles. The average molecular weight is 277 g/mol. The monoisotopic (exact) mass is 277 g/mol. The Bertz CT molecular complexity index is 513. The van der Waals surface area contributed by atoms with E-state index in [1.165, 1.54) is 19.0 Å².